The molecule has 5 N–H and O–H groups in total. The number of ether oxygens (including phenoxy) is 3. The van der Waals surface area contributed by atoms with E-state index in [1.165, 1.54) is 6.92 Å². The van der Waals surface area contributed by atoms with E-state index in [1.807, 2.05) is 0 Å². The van der Waals surface area contributed by atoms with E-state index in [0.717, 1.165) is 0 Å². The molecule has 0 bridgehead atoms. The number of hydrogen-bond acceptors (Lipinski definition) is 9. The van der Waals surface area contributed by atoms with Crippen molar-refractivity contribution in [1.29, 1.82) is 0 Å². The molecule has 1 fully saturated rings. The monoisotopic (exact) mass is 306 g/mol. The molecular weight excluding hydrogens is 288 g/mol. The molecule has 0 spiro atoms. The van der Waals surface area contributed by atoms with Crippen LogP contribution in [0.5, 0.6) is 0 Å². The molecule has 6 atom stereocenters. The molecule has 2 heterocycles. The summed E-state index contributed by atoms with van der Waals surface area (Å²) in [5.74, 6) is -0.963. The van der Waals surface area contributed by atoms with Crippen LogP contribution in [0.2, 0.25) is 0 Å². The van der Waals surface area contributed by atoms with E-state index in [1.54, 1.807) is 0 Å². The number of hydrogen-bond donors (Lipinski definition) is 5. The van der Waals surface area contributed by atoms with Gasteiger partial charge in [-0.1, -0.05) is 0 Å². The third-order valence-electron chi connectivity index (χ3n) is 3.39. The Morgan fingerprint density at radius 3 is 2.38 bits per heavy atom. The number of ketones is 1. The summed E-state index contributed by atoms with van der Waals surface area (Å²) in [5, 5.41) is 47.2. The van der Waals surface area contributed by atoms with Gasteiger partial charge >= 0.3 is 0 Å². The van der Waals surface area contributed by atoms with Crippen molar-refractivity contribution < 1.29 is 44.5 Å². The van der Waals surface area contributed by atoms with Crippen molar-refractivity contribution in [1.82, 2.24) is 0 Å². The summed E-state index contributed by atoms with van der Waals surface area (Å²) in [4.78, 5) is 11.8. The topological polar surface area (TPSA) is 146 Å². The van der Waals surface area contributed by atoms with Crippen LogP contribution in [-0.2, 0) is 19.0 Å². The Morgan fingerprint density at radius 2 is 1.81 bits per heavy atom. The van der Waals surface area contributed by atoms with E-state index in [-0.39, 0.29) is 11.5 Å². The summed E-state index contributed by atoms with van der Waals surface area (Å²) in [5.41, 5.74) is 0. The van der Waals surface area contributed by atoms with Crippen LogP contribution in [-0.4, -0.2) is 81.3 Å². The second kappa shape index (κ2) is 6.26. The largest absolute Gasteiger partial charge is 0.480 e. The van der Waals surface area contributed by atoms with Gasteiger partial charge in [-0.3, -0.25) is 4.79 Å². The van der Waals surface area contributed by atoms with Gasteiger partial charge in [-0.25, -0.2) is 0 Å². The molecule has 120 valence electrons. The molecule has 0 saturated carbocycles. The highest BCUT2D eigenvalue weighted by molar-refractivity contribution is 5.99. The highest BCUT2D eigenvalue weighted by Gasteiger charge is 2.46. The molecule has 21 heavy (non-hydrogen) atoms. The van der Waals surface area contributed by atoms with Crippen LogP contribution < -0.4 is 0 Å². The Kier molecular flexibility index (Phi) is 4.81. The van der Waals surface area contributed by atoms with E-state index in [9.17, 15) is 20.1 Å². The van der Waals surface area contributed by atoms with Crippen molar-refractivity contribution in [3.8, 4) is 0 Å². The highest BCUT2D eigenvalue weighted by Crippen LogP contribution is 2.28. The number of Topliss-reactive ketones (excluding diaryl/α,β-unsaturated/α-hetero) is 1. The molecule has 2 aliphatic heterocycles. The maximum atomic E-state index is 11.8. The summed E-state index contributed by atoms with van der Waals surface area (Å²) >= 11 is 0. The smallest absolute Gasteiger partial charge is 0.241 e. The van der Waals surface area contributed by atoms with Crippen molar-refractivity contribution in [2.45, 2.75) is 43.7 Å². The summed E-state index contributed by atoms with van der Waals surface area (Å²) < 4.78 is 15.4. The number of rotatable bonds is 4. The van der Waals surface area contributed by atoms with Crippen LogP contribution in [0, 0.1) is 0 Å². The van der Waals surface area contributed by atoms with Crippen molar-refractivity contribution in [2.75, 3.05) is 13.2 Å². The first-order valence-corrected chi connectivity index (χ1v) is 6.42. The zero-order chi connectivity index (χ0) is 15.7. The van der Waals surface area contributed by atoms with Gasteiger partial charge in [-0.2, -0.15) is 0 Å². The molecule has 2 aliphatic rings. The first-order chi connectivity index (χ1) is 9.90. The normalized spacial score (nSPS) is 40.4. The van der Waals surface area contributed by atoms with Crippen molar-refractivity contribution in [2.24, 2.45) is 0 Å². The number of aliphatic hydroxyl groups is 5. The van der Waals surface area contributed by atoms with Gasteiger partial charge in [-0.15, -0.1) is 0 Å². The van der Waals surface area contributed by atoms with Gasteiger partial charge in [0, 0.05) is 0 Å². The molecule has 0 aromatic rings. The minimum absolute atomic E-state index is 0.107. The third kappa shape index (κ3) is 2.89. The molecule has 2 rings (SSSR count). The van der Waals surface area contributed by atoms with E-state index in [4.69, 9.17) is 24.4 Å². The van der Waals surface area contributed by atoms with Gasteiger partial charge in [0.05, 0.1) is 6.61 Å². The van der Waals surface area contributed by atoms with Gasteiger partial charge in [0.25, 0.3) is 0 Å². The van der Waals surface area contributed by atoms with E-state index < -0.39 is 55.8 Å². The first kappa shape index (κ1) is 16.1. The number of aliphatic hydroxyl groups excluding tert-OH is 5. The average Bonchev–Trinajstić information content (AvgIpc) is 2.75. The van der Waals surface area contributed by atoms with Crippen LogP contribution >= 0.6 is 0 Å². The van der Waals surface area contributed by atoms with Gasteiger partial charge in [-0.05, 0) is 6.92 Å². The van der Waals surface area contributed by atoms with E-state index >= 15 is 0 Å². The minimum atomic E-state index is -1.64. The van der Waals surface area contributed by atoms with Crippen molar-refractivity contribution >= 4 is 5.78 Å². The fraction of sp³-hybridized carbons (Fsp3) is 0.750. The predicted octanol–water partition coefficient (Wildman–Crippen LogP) is -3.01. The summed E-state index contributed by atoms with van der Waals surface area (Å²) in [6, 6.07) is 0. The minimum Gasteiger partial charge on any atom is -0.480 e. The Labute approximate surface area is 120 Å². The number of carbonyl (C=O) groups is 1. The quantitative estimate of drug-likeness (QED) is 0.366. The Bertz CT molecular complexity index is 432. The molecule has 0 aromatic heterocycles. The van der Waals surface area contributed by atoms with Gasteiger partial charge in [0.2, 0.25) is 17.8 Å². The zero-order valence-corrected chi connectivity index (χ0v) is 11.2. The SMILES string of the molecule is CC1OC(CO)=C(O[C@@H]2O[C@H](CO)[C@H](O)[C@H](O)[C@H]2O)C1=O. The molecule has 0 amide bonds. The van der Waals surface area contributed by atoms with Gasteiger partial charge < -0.3 is 39.7 Å². The van der Waals surface area contributed by atoms with Crippen molar-refractivity contribution in [3.63, 3.8) is 0 Å². The van der Waals surface area contributed by atoms with E-state index in [2.05, 4.69) is 0 Å². The summed E-state index contributed by atoms with van der Waals surface area (Å²) in [7, 11) is 0. The maximum Gasteiger partial charge on any atom is 0.241 e. The zero-order valence-electron chi connectivity index (χ0n) is 11.2. The third-order valence-corrected chi connectivity index (χ3v) is 3.39. The van der Waals surface area contributed by atoms with E-state index in [0.29, 0.717) is 0 Å². The van der Waals surface area contributed by atoms with Crippen LogP contribution in [0.15, 0.2) is 11.5 Å². The Balaban J connectivity index is 2.16. The van der Waals surface area contributed by atoms with Crippen LogP contribution in [0.1, 0.15) is 6.92 Å². The van der Waals surface area contributed by atoms with Crippen LogP contribution in [0.3, 0.4) is 0 Å². The van der Waals surface area contributed by atoms with Crippen LogP contribution in [0.25, 0.3) is 0 Å². The first-order valence-electron chi connectivity index (χ1n) is 6.42. The fourth-order valence-corrected chi connectivity index (χ4v) is 2.16. The molecule has 0 aliphatic carbocycles. The fourth-order valence-electron chi connectivity index (χ4n) is 2.16. The van der Waals surface area contributed by atoms with Crippen molar-refractivity contribution in [3.05, 3.63) is 11.5 Å². The molecule has 9 heteroatoms. The molecule has 1 unspecified atom stereocenters. The Hall–Kier alpha value is -1.23. The second-order valence-corrected chi connectivity index (χ2v) is 4.85. The van der Waals surface area contributed by atoms with Crippen LogP contribution in [0.4, 0.5) is 0 Å². The lowest BCUT2D eigenvalue weighted by atomic mass is 9.99. The van der Waals surface area contributed by atoms with Gasteiger partial charge in [0.1, 0.15) is 31.0 Å². The average molecular weight is 306 g/mol. The highest BCUT2D eigenvalue weighted by atomic mass is 16.7. The standard InChI is InChI=1S/C12H18O9/c1-4-7(15)11(6(3-14)19-4)21-12-10(18)9(17)8(16)5(2-13)20-12/h4-5,8-10,12-14,16-18H,2-3H2,1H3/t4?,5-,8+,9+,10-,12+/m1/s1. The lowest BCUT2D eigenvalue weighted by molar-refractivity contribution is -0.291. The second-order valence-electron chi connectivity index (χ2n) is 4.85. The predicted molar refractivity (Wildman–Crippen MR) is 64.5 cm³/mol. The van der Waals surface area contributed by atoms with Gasteiger partial charge in [0.15, 0.2) is 11.9 Å². The molecule has 0 radical (unpaired) electrons. The summed E-state index contributed by atoms with van der Waals surface area (Å²) in [6.07, 6.45) is -8.26. The Morgan fingerprint density at radius 1 is 1.14 bits per heavy atom. The number of carbonyl (C=O) groups excluding carboxylic acids is 1. The molecule has 0 aromatic carbocycles. The lowest BCUT2D eigenvalue weighted by Crippen LogP contribution is -2.59. The maximum absolute atomic E-state index is 11.8. The molecule has 1 saturated heterocycles. The molecule has 9 nitrogen and oxygen atoms in total. The lowest BCUT2D eigenvalue weighted by Gasteiger charge is -2.39. The summed E-state index contributed by atoms with van der Waals surface area (Å²) in [6.45, 7) is 0.266. The molecular formula is C12H18O9.